The van der Waals surface area contributed by atoms with Crippen molar-refractivity contribution in [1.29, 1.82) is 0 Å². The molecule has 1 N–H and O–H groups in total. The number of aliphatic hydroxyl groups excluding tert-OH is 1. The van der Waals surface area contributed by atoms with E-state index in [4.69, 9.17) is 4.74 Å². The molecule has 1 aliphatic heterocycles. The summed E-state index contributed by atoms with van der Waals surface area (Å²) in [6.45, 7) is 3.12. The first-order valence-electron chi connectivity index (χ1n) is 6.80. The highest BCUT2D eigenvalue weighted by atomic mass is 16.6. The summed E-state index contributed by atoms with van der Waals surface area (Å²) in [5, 5.41) is 9.29. The summed E-state index contributed by atoms with van der Waals surface area (Å²) < 4.78 is 5.34. The van der Waals surface area contributed by atoms with Crippen LogP contribution in [0.1, 0.15) is 25.3 Å². The summed E-state index contributed by atoms with van der Waals surface area (Å²) in [4.78, 5) is 13.8. The van der Waals surface area contributed by atoms with Crippen molar-refractivity contribution in [2.24, 2.45) is 5.92 Å². The summed E-state index contributed by atoms with van der Waals surface area (Å²) in [6.07, 6.45) is 1.62. The second-order valence-electron chi connectivity index (χ2n) is 5.06. The van der Waals surface area contributed by atoms with Crippen molar-refractivity contribution < 1.29 is 14.6 Å². The highest BCUT2D eigenvalue weighted by Crippen LogP contribution is 2.23. The number of amides is 1. The van der Waals surface area contributed by atoms with E-state index < -0.39 is 0 Å². The molecule has 19 heavy (non-hydrogen) atoms. The molecule has 1 aromatic carbocycles. The third-order valence-corrected chi connectivity index (χ3v) is 3.82. The lowest BCUT2D eigenvalue weighted by molar-refractivity contribution is 0.0393. The predicted octanol–water partition coefficient (Wildman–Crippen LogP) is 2.42. The van der Waals surface area contributed by atoms with E-state index in [-0.39, 0.29) is 24.7 Å². The number of benzene rings is 1. The van der Waals surface area contributed by atoms with Gasteiger partial charge in [-0.2, -0.15) is 0 Å². The number of carbonyl (C=O) groups excluding carboxylic acids is 1. The minimum atomic E-state index is -0.283. The Bertz CT molecular complexity index is 407. The van der Waals surface area contributed by atoms with Gasteiger partial charge in [0.15, 0.2) is 0 Å². The molecule has 1 saturated heterocycles. The molecule has 1 fully saturated rings. The molecule has 104 valence electrons. The number of carbonyl (C=O) groups is 1. The van der Waals surface area contributed by atoms with Gasteiger partial charge in [-0.25, -0.2) is 4.79 Å². The quantitative estimate of drug-likeness (QED) is 0.911. The molecule has 1 heterocycles. The Hall–Kier alpha value is -1.55. The van der Waals surface area contributed by atoms with Gasteiger partial charge in [0, 0.05) is 25.1 Å². The predicted molar refractivity (Wildman–Crippen MR) is 72.6 cm³/mol. The molecule has 4 heteroatoms. The van der Waals surface area contributed by atoms with E-state index in [2.05, 4.69) is 0 Å². The molecule has 2 rings (SSSR count). The van der Waals surface area contributed by atoms with Gasteiger partial charge in [-0.15, -0.1) is 0 Å². The maximum Gasteiger partial charge on any atom is 0.410 e. The Morgan fingerprint density at radius 1 is 1.42 bits per heavy atom. The van der Waals surface area contributed by atoms with Crippen molar-refractivity contribution in [3.05, 3.63) is 35.9 Å². The molecule has 0 radical (unpaired) electrons. The van der Waals surface area contributed by atoms with Gasteiger partial charge in [0.2, 0.25) is 0 Å². The summed E-state index contributed by atoms with van der Waals surface area (Å²) in [5.41, 5.74) is 0.985. The number of hydrogen-bond acceptors (Lipinski definition) is 3. The molecule has 1 aromatic rings. The molecule has 0 aromatic heterocycles. The number of ether oxygens (including phenoxy) is 1. The molecule has 1 aliphatic rings. The Morgan fingerprint density at radius 2 is 2.16 bits per heavy atom. The third kappa shape index (κ3) is 3.47. The lowest BCUT2D eigenvalue weighted by Gasteiger charge is -2.37. The summed E-state index contributed by atoms with van der Waals surface area (Å²) >= 11 is 0. The van der Waals surface area contributed by atoms with Gasteiger partial charge in [-0.05, 0) is 25.3 Å². The van der Waals surface area contributed by atoms with Crippen molar-refractivity contribution in [2.75, 3.05) is 13.2 Å². The number of hydrogen-bond donors (Lipinski definition) is 1. The van der Waals surface area contributed by atoms with Crippen molar-refractivity contribution in [3.63, 3.8) is 0 Å². The van der Waals surface area contributed by atoms with Crippen LogP contribution in [0, 0.1) is 5.92 Å². The molecule has 4 nitrogen and oxygen atoms in total. The smallest absolute Gasteiger partial charge is 0.410 e. The number of likely N-dealkylation sites (tertiary alicyclic amines) is 1. The molecule has 2 atom stereocenters. The van der Waals surface area contributed by atoms with E-state index in [1.54, 1.807) is 4.90 Å². The molecule has 0 bridgehead atoms. The highest BCUT2D eigenvalue weighted by molar-refractivity contribution is 5.68. The number of rotatable bonds is 3. The van der Waals surface area contributed by atoms with Crippen LogP contribution in [0.4, 0.5) is 4.79 Å². The van der Waals surface area contributed by atoms with E-state index in [0.29, 0.717) is 13.2 Å². The number of nitrogens with zero attached hydrogens (tertiary/aromatic N) is 1. The van der Waals surface area contributed by atoms with Crippen molar-refractivity contribution >= 4 is 6.09 Å². The largest absolute Gasteiger partial charge is 0.445 e. The van der Waals surface area contributed by atoms with Crippen LogP contribution in [0.2, 0.25) is 0 Å². The van der Waals surface area contributed by atoms with E-state index in [0.717, 1.165) is 18.4 Å². The lowest BCUT2D eigenvalue weighted by Crippen LogP contribution is -2.48. The van der Waals surface area contributed by atoms with E-state index in [1.807, 2.05) is 37.3 Å². The SMILES string of the molecule is C[C@@H]1[C@H](CO)CCCN1C(=O)OCc1ccccc1. The minimum Gasteiger partial charge on any atom is -0.445 e. The number of aliphatic hydroxyl groups is 1. The zero-order chi connectivity index (χ0) is 13.7. The van der Waals surface area contributed by atoms with Gasteiger partial charge in [-0.3, -0.25) is 0 Å². The Kier molecular flexibility index (Phi) is 4.80. The van der Waals surface area contributed by atoms with E-state index in [9.17, 15) is 9.90 Å². The van der Waals surface area contributed by atoms with Crippen LogP contribution in [-0.4, -0.2) is 35.3 Å². The molecule has 0 saturated carbocycles. The fraction of sp³-hybridized carbons (Fsp3) is 0.533. The van der Waals surface area contributed by atoms with Gasteiger partial charge in [0.1, 0.15) is 6.61 Å². The number of piperidine rings is 1. The first kappa shape index (κ1) is 13.9. The van der Waals surface area contributed by atoms with Crippen LogP contribution in [0.3, 0.4) is 0 Å². The van der Waals surface area contributed by atoms with Crippen LogP contribution >= 0.6 is 0 Å². The Balaban J connectivity index is 1.89. The average molecular weight is 263 g/mol. The minimum absolute atomic E-state index is 0.0435. The average Bonchev–Trinajstić information content (AvgIpc) is 2.46. The van der Waals surface area contributed by atoms with Gasteiger partial charge in [0.25, 0.3) is 0 Å². The van der Waals surface area contributed by atoms with Gasteiger partial charge >= 0.3 is 6.09 Å². The topological polar surface area (TPSA) is 49.8 Å². The summed E-state index contributed by atoms with van der Waals surface area (Å²) in [6, 6.07) is 9.70. The van der Waals surface area contributed by atoms with Crippen molar-refractivity contribution in [3.8, 4) is 0 Å². The fourth-order valence-corrected chi connectivity index (χ4v) is 2.53. The first-order valence-corrected chi connectivity index (χ1v) is 6.80. The van der Waals surface area contributed by atoms with Crippen LogP contribution in [0.5, 0.6) is 0 Å². The van der Waals surface area contributed by atoms with Crippen LogP contribution in [0.25, 0.3) is 0 Å². The van der Waals surface area contributed by atoms with Crippen LogP contribution in [0.15, 0.2) is 30.3 Å². The monoisotopic (exact) mass is 263 g/mol. The van der Waals surface area contributed by atoms with Crippen molar-refractivity contribution in [2.45, 2.75) is 32.4 Å². The second kappa shape index (κ2) is 6.57. The van der Waals surface area contributed by atoms with Crippen molar-refractivity contribution in [1.82, 2.24) is 4.90 Å². The zero-order valence-corrected chi connectivity index (χ0v) is 11.3. The summed E-state index contributed by atoms with van der Waals surface area (Å²) in [5.74, 6) is 0.165. The van der Waals surface area contributed by atoms with Gasteiger partial charge < -0.3 is 14.7 Å². The van der Waals surface area contributed by atoms with Gasteiger partial charge in [-0.1, -0.05) is 30.3 Å². The molecular formula is C15H21NO3. The van der Waals surface area contributed by atoms with Gasteiger partial charge in [0.05, 0.1) is 0 Å². The van der Waals surface area contributed by atoms with Crippen LogP contribution in [-0.2, 0) is 11.3 Å². The Labute approximate surface area is 114 Å². The standard InChI is InChI=1S/C15H21NO3/c1-12-14(10-17)8-5-9-16(12)15(18)19-11-13-6-3-2-4-7-13/h2-4,6-7,12,14,17H,5,8-11H2,1H3/t12-,14+/m1/s1. The molecule has 0 unspecified atom stereocenters. The molecular weight excluding hydrogens is 242 g/mol. The summed E-state index contributed by atoms with van der Waals surface area (Å²) in [7, 11) is 0. The normalized spacial score (nSPS) is 23.2. The fourth-order valence-electron chi connectivity index (χ4n) is 2.53. The lowest BCUT2D eigenvalue weighted by atomic mass is 9.91. The molecule has 1 amide bonds. The maximum atomic E-state index is 12.1. The Morgan fingerprint density at radius 3 is 2.84 bits per heavy atom. The highest BCUT2D eigenvalue weighted by Gasteiger charge is 2.31. The maximum absolute atomic E-state index is 12.1. The van der Waals surface area contributed by atoms with E-state index in [1.165, 1.54) is 0 Å². The second-order valence-corrected chi connectivity index (χ2v) is 5.06. The molecule has 0 spiro atoms. The van der Waals surface area contributed by atoms with Crippen LogP contribution < -0.4 is 0 Å². The van der Waals surface area contributed by atoms with E-state index >= 15 is 0 Å². The zero-order valence-electron chi connectivity index (χ0n) is 11.3. The first-order chi connectivity index (χ1) is 9.22. The third-order valence-electron chi connectivity index (χ3n) is 3.82. The molecule has 0 aliphatic carbocycles.